The third-order valence-electron chi connectivity index (χ3n) is 3.06. The predicted molar refractivity (Wildman–Crippen MR) is 88.3 cm³/mol. The Morgan fingerprint density at radius 2 is 1.95 bits per heavy atom. The van der Waals surface area contributed by atoms with Crippen LogP contribution in [0.1, 0.15) is 26.2 Å². The number of nitrogens with one attached hydrogen (secondary N) is 1. The Kier molecular flexibility index (Phi) is 8.24. The number of halogens is 2. The summed E-state index contributed by atoms with van der Waals surface area (Å²) >= 11 is 11.7. The first-order valence-electron chi connectivity index (χ1n) is 7.15. The number of aliphatic hydroxyl groups excluding tert-OH is 1. The number of unbranched alkanes of at least 4 members (excludes halogenated alkanes) is 2. The van der Waals surface area contributed by atoms with Crippen molar-refractivity contribution in [1.82, 2.24) is 4.90 Å². The SMILES string of the molecule is CCCCCN(CCO)C(=O)C(=O)Nc1ccc(Cl)cc1Cl. The van der Waals surface area contributed by atoms with Gasteiger partial charge in [0.05, 0.1) is 17.3 Å². The summed E-state index contributed by atoms with van der Waals surface area (Å²) in [4.78, 5) is 25.5. The van der Waals surface area contributed by atoms with Crippen LogP contribution in [0.15, 0.2) is 18.2 Å². The van der Waals surface area contributed by atoms with E-state index in [1.54, 1.807) is 6.07 Å². The molecule has 0 aliphatic heterocycles. The number of rotatable bonds is 7. The van der Waals surface area contributed by atoms with Crippen molar-refractivity contribution in [3.05, 3.63) is 28.2 Å². The first kappa shape index (κ1) is 18.7. The summed E-state index contributed by atoms with van der Waals surface area (Å²) in [5.41, 5.74) is 0.321. The third kappa shape index (κ3) is 5.83. The van der Waals surface area contributed by atoms with Crippen molar-refractivity contribution < 1.29 is 14.7 Å². The highest BCUT2D eigenvalue weighted by atomic mass is 35.5. The minimum atomic E-state index is -0.783. The van der Waals surface area contributed by atoms with E-state index in [1.807, 2.05) is 6.92 Å². The molecular formula is C15H20Cl2N2O3. The highest BCUT2D eigenvalue weighted by Gasteiger charge is 2.21. The molecule has 0 spiro atoms. The summed E-state index contributed by atoms with van der Waals surface area (Å²) in [6.45, 7) is 2.43. The molecule has 1 aromatic carbocycles. The first-order chi connectivity index (χ1) is 10.5. The number of carbonyl (C=O) groups excluding carboxylic acids is 2. The van der Waals surface area contributed by atoms with E-state index in [2.05, 4.69) is 5.32 Å². The molecule has 0 radical (unpaired) electrons. The smallest absolute Gasteiger partial charge is 0.313 e. The number of nitrogens with zero attached hydrogens (tertiary/aromatic N) is 1. The fraction of sp³-hybridized carbons (Fsp3) is 0.467. The van der Waals surface area contributed by atoms with Gasteiger partial charge in [0.1, 0.15) is 0 Å². The average molecular weight is 347 g/mol. The van der Waals surface area contributed by atoms with Gasteiger partial charge in [-0.1, -0.05) is 43.0 Å². The van der Waals surface area contributed by atoms with E-state index in [9.17, 15) is 9.59 Å². The van der Waals surface area contributed by atoms with Gasteiger partial charge in [-0.25, -0.2) is 0 Å². The van der Waals surface area contributed by atoms with Crippen LogP contribution in [0.4, 0.5) is 5.69 Å². The summed E-state index contributed by atoms with van der Waals surface area (Å²) in [5.74, 6) is -1.47. The summed E-state index contributed by atoms with van der Waals surface area (Å²) in [6.07, 6.45) is 2.75. The van der Waals surface area contributed by atoms with Crippen LogP contribution < -0.4 is 5.32 Å². The van der Waals surface area contributed by atoms with E-state index < -0.39 is 11.8 Å². The summed E-state index contributed by atoms with van der Waals surface area (Å²) < 4.78 is 0. The van der Waals surface area contributed by atoms with E-state index in [4.69, 9.17) is 28.3 Å². The van der Waals surface area contributed by atoms with E-state index in [1.165, 1.54) is 17.0 Å². The fourth-order valence-electron chi connectivity index (χ4n) is 1.90. The van der Waals surface area contributed by atoms with Crippen LogP contribution in [-0.2, 0) is 9.59 Å². The second-order valence-electron chi connectivity index (χ2n) is 4.80. The van der Waals surface area contributed by atoms with Crippen molar-refractivity contribution in [2.45, 2.75) is 26.2 Å². The molecule has 0 unspecified atom stereocenters. The zero-order valence-corrected chi connectivity index (χ0v) is 14.0. The molecule has 1 aromatic rings. The monoisotopic (exact) mass is 346 g/mol. The Labute approximate surface area is 140 Å². The molecule has 0 aliphatic rings. The molecule has 0 atom stereocenters. The average Bonchev–Trinajstić information content (AvgIpc) is 2.48. The summed E-state index contributed by atoms with van der Waals surface area (Å²) in [5, 5.41) is 12.2. The molecule has 0 saturated heterocycles. The van der Waals surface area contributed by atoms with Crippen LogP contribution in [0.25, 0.3) is 0 Å². The van der Waals surface area contributed by atoms with Crippen molar-refractivity contribution in [1.29, 1.82) is 0 Å². The zero-order chi connectivity index (χ0) is 16.5. The van der Waals surface area contributed by atoms with Gasteiger partial charge in [0.25, 0.3) is 0 Å². The zero-order valence-electron chi connectivity index (χ0n) is 12.4. The Hall–Kier alpha value is -1.30. The lowest BCUT2D eigenvalue weighted by Crippen LogP contribution is -2.41. The lowest BCUT2D eigenvalue weighted by Gasteiger charge is -2.21. The fourth-order valence-corrected chi connectivity index (χ4v) is 2.35. The number of aliphatic hydroxyl groups is 1. The molecule has 2 N–H and O–H groups in total. The molecule has 1 rings (SSSR count). The number of hydrogen-bond acceptors (Lipinski definition) is 3. The maximum absolute atomic E-state index is 12.1. The normalized spacial score (nSPS) is 10.4. The van der Waals surface area contributed by atoms with Gasteiger partial charge in [0.2, 0.25) is 0 Å². The Balaban J connectivity index is 2.69. The molecule has 22 heavy (non-hydrogen) atoms. The van der Waals surface area contributed by atoms with Gasteiger partial charge in [0, 0.05) is 18.1 Å². The van der Waals surface area contributed by atoms with E-state index in [-0.39, 0.29) is 18.2 Å². The highest BCUT2D eigenvalue weighted by molar-refractivity contribution is 6.42. The van der Waals surface area contributed by atoms with Crippen molar-refractivity contribution in [2.75, 3.05) is 25.0 Å². The first-order valence-corrected chi connectivity index (χ1v) is 7.91. The van der Waals surface area contributed by atoms with Crippen LogP contribution in [-0.4, -0.2) is 41.5 Å². The number of amides is 2. The van der Waals surface area contributed by atoms with Crippen molar-refractivity contribution in [2.24, 2.45) is 0 Å². The van der Waals surface area contributed by atoms with Crippen LogP contribution in [0.3, 0.4) is 0 Å². The van der Waals surface area contributed by atoms with Crippen LogP contribution in [0, 0.1) is 0 Å². The predicted octanol–water partition coefficient (Wildman–Crippen LogP) is 2.94. The Morgan fingerprint density at radius 1 is 1.23 bits per heavy atom. The van der Waals surface area contributed by atoms with Gasteiger partial charge in [-0.15, -0.1) is 0 Å². The molecule has 5 nitrogen and oxygen atoms in total. The lowest BCUT2D eigenvalue weighted by atomic mass is 10.2. The van der Waals surface area contributed by atoms with E-state index in [0.717, 1.165) is 19.3 Å². The standard InChI is InChI=1S/C15H20Cl2N2O3/c1-2-3-4-7-19(8-9-20)15(22)14(21)18-13-6-5-11(16)10-12(13)17/h5-6,10,20H,2-4,7-9H2,1H3,(H,18,21). The minimum absolute atomic E-state index is 0.129. The number of carbonyl (C=O) groups is 2. The number of anilines is 1. The van der Waals surface area contributed by atoms with Crippen molar-refractivity contribution in [3.8, 4) is 0 Å². The number of benzene rings is 1. The van der Waals surface area contributed by atoms with Gasteiger partial charge < -0.3 is 15.3 Å². The minimum Gasteiger partial charge on any atom is -0.395 e. The van der Waals surface area contributed by atoms with Gasteiger partial charge in [-0.05, 0) is 24.6 Å². The second-order valence-corrected chi connectivity index (χ2v) is 5.64. The molecule has 0 bridgehead atoms. The third-order valence-corrected chi connectivity index (χ3v) is 3.61. The molecule has 0 fully saturated rings. The number of hydrogen-bond donors (Lipinski definition) is 2. The highest BCUT2D eigenvalue weighted by Crippen LogP contribution is 2.25. The van der Waals surface area contributed by atoms with Gasteiger partial charge in [0.15, 0.2) is 0 Å². The summed E-state index contributed by atoms with van der Waals surface area (Å²) in [7, 11) is 0. The van der Waals surface area contributed by atoms with E-state index in [0.29, 0.717) is 17.3 Å². The molecule has 0 saturated carbocycles. The maximum Gasteiger partial charge on any atom is 0.313 e. The largest absolute Gasteiger partial charge is 0.395 e. The second kappa shape index (κ2) is 9.66. The molecule has 0 aliphatic carbocycles. The Bertz CT molecular complexity index is 524. The molecule has 0 heterocycles. The molecule has 7 heteroatoms. The lowest BCUT2D eigenvalue weighted by molar-refractivity contribution is -0.143. The molecule has 122 valence electrons. The molecular weight excluding hydrogens is 327 g/mol. The van der Waals surface area contributed by atoms with Crippen LogP contribution in [0.5, 0.6) is 0 Å². The van der Waals surface area contributed by atoms with Crippen molar-refractivity contribution in [3.63, 3.8) is 0 Å². The van der Waals surface area contributed by atoms with E-state index >= 15 is 0 Å². The van der Waals surface area contributed by atoms with Crippen LogP contribution >= 0.6 is 23.2 Å². The summed E-state index contributed by atoms with van der Waals surface area (Å²) in [6, 6.07) is 4.58. The Morgan fingerprint density at radius 3 is 2.55 bits per heavy atom. The molecule has 0 aromatic heterocycles. The topological polar surface area (TPSA) is 69.6 Å². The maximum atomic E-state index is 12.1. The van der Waals surface area contributed by atoms with Crippen LogP contribution in [0.2, 0.25) is 10.0 Å². The van der Waals surface area contributed by atoms with Gasteiger partial charge in [-0.2, -0.15) is 0 Å². The van der Waals surface area contributed by atoms with Gasteiger partial charge >= 0.3 is 11.8 Å². The molecule has 2 amide bonds. The van der Waals surface area contributed by atoms with Gasteiger partial charge in [-0.3, -0.25) is 9.59 Å². The quantitative estimate of drug-likeness (QED) is 0.589. The van der Waals surface area contributed by atoms with Crippen molar-refractivity contribution >= 4 is 40.7 Å².